The predicted molar refractivity (Wildman–Crippen MR) is 240 cm³/mol. The number of hydrogen-bond donors (Lipinski definition) is 1. The van der Waals surface area contributed by atoms with Crippen LogP contribution in [0.3, 0.4) is 0 Å². The number of aryl methyl sites for hydroxylation is 2. The molecule has 12 nitrogen and oxygen atoms in total. The Bertz CT molecular complexity index is 2650. The molecule has 4 heterocycles. The normalized spacial score (nSPS) is 15.7. The molecule has 60 heavy (non-hydrogen) atoms. The van der Waals surface area contributed by atoms with Crippen molar-refractivity contribution in [2.45, 2.75) is 63.1 Å². The number of fused-ring (bicyclic) bond motifs is 2. The van der Waals surface area contributed by atoms with Crippen LogP contribution in [-0.2, 0) is 37.9 Å². The van der Waals surface area contributed by atoms with Crippen LogP contribution >= 0.6 is 12.4 Å². The maximum atomic E-state index is 13.3. The fourth-order valence-electron chi connectivity index (χ4n) is 7.88. The number of carbonyl (C=O) groups excluding carboxylic acids is 1. The summed E-state index contributed by atoms with van der Waals surface area (Å²) in [5.74, 6) is 0. The van der Waals surface area contributed by atoms with Crippen molar-refractivity contribution in [1.29, 1.82) is 0 Å². The van der Waals surface area contributed by atoms with Crippen molar-refractivity contribution in [2.24, 2.45) is 0 Å². The highest BCUT2D eigenvalue weighted by Gasteiger charge is 2.28. The van der Waals surface area contributed by atoms with Gasteiger partial charge in [-0.3, -0.25) is 9.80 Å². The van der Waals surface area contributed by atoms with E-state index in [9.17, 15) is 21.6 Å². The molecular weight excluding hydrogens is 820 g/mol. The lowest BCUT2D eigenvalue weighted by Gasteiger charge is -2.35. The Morgan fingerprint density at radius 3 is 1.43 bits per heavy atom. The van der Waals surface area contributed by atoms with Crippen LogP contribution in [0.4, 0.5) is 4.79 Å². The van der Waals surface area contributed by atoms with E-state index < -0.39 is 25.6 Å². The maximum Gasteiger partial charge on any atom is 0.410 e. The minimum Gasteiger partial charge on any atom is -0.444 e. The molecule has 8 rings (SSSR count). The molecule has 2 aromatic heterocycles. The lowest BCUT2D eigenvalue weighted by Crippen LogP contribution is -2.49. The quantitative estimate of drug-likeness (QED) is 0.168. The zero-order valence-corrected chi connectivity index (χ0v) is 37.3. The van der Waals surface area contributed by atoms with Gasteiger partial charge in [-0.05, 0) is 94.3 Å². The molecule has 4 aromatic carbocycles. The van der Waals surface area contributed by atoms with Crippen LogP contribution in [0.15, 0.2) is 119 Å². The number of ether oxygens (including phenoxy) is 1. The molecule has 15 heteroatoms. The first-order chi connectivity index (χ1) is 28.1. The first-order valence-corrected chi connectivity index (χ1v) is 23.0. The summed E-state index contributed by atoms with van der Waals surface area (Å²) in [4.78, 5) is 19.4. The van der Waals surface area contributed by atoms with Crippen molar-refractivity contribution in [3.05, 3.63) is 132 Å². The summed E-state index contributed by atoms with van der Waals surface area (Å²) in [6.07, 6.45) is -0.275. The van der Waals surface area contributed by atoms with Crippen molar-refractivity contribution in [1.82, 2.24) is 28.0 Å². The first-order valence-electron chi connectivity index (χ1n) is 20.1. The Morgan fingerprint density at radius 2 is 1.02 bits per heavy atom. The van der Waals surface area contributed by atoms with Gasteiger partial charge in [-0.2, -0.15) is 0 Å². The van der Waals surface area contributed by atoms with E-state index in [4.69, 9.17) is 4.74 Å². The van der Waals surface area contributed by atoms with Crippen LogP contribution in [0.5, 0.6) is 0 Å². The average molecular weight is 876 g/mol. The Morgan fingerprint density at radius 1 is 0.600 bits per heavy atom. The average Bonchev–Trinajstić information content (AvgIpc) is 3.76. The highest BCUT2D eigenvalue weighted by molar-refractivity contribution is 7.90. The Balaban J connectivity index is 0.000000203. The molecule has 0 radical (unpaired) electrons. The Labute approximate surface area is 360 Å². The van der Waals surface area contributed by atoms with Crippen LogP contribution in [-0.4, -0.2) is 104 Å². The third kappa shape index (κ3) is 9.75. The van der Waals surface area contributed by atoms with E-state index in [1.165, 1.54) is 13.5 Å². The number of piperazine rings is 2. The van der Waals surface area contributed by atoms with E-state index in [2.05, 4.69) is 21.2 Å². The maximum absolute atomic E-state index is 13.3. The topological polar surface area (TPSA) is 126 Å². The number of aromatic nitrogens is 2. The van der Waals surface area contributed by atoms with Crippen LogP contribution in [0.25, 0.3) is 21.8 Å². The van der Waals surface area contributed by atoms with Crippen LogP contribution in [0.1, 0.15) is 43.3 Å². The van der Waals surface area contributed by atoms with Gasteiger partial charge in [0.05, 0.1) is 20.8 Å². The summed E-state index contributed by atoms with van der Waals surface area (Å²) in [5, 5.41) is 5.31. The van der Waals surface area contributed by atoms with Gasteiger partial charge in [0.15, 0.2) is 0 Å². The number of benzene rings is 4. The third-order valence-corrected chi connectivity index (χ3v) is 14.4. The summed E-state index contributed by atoms with van der Waals surface area (Å²) in [5.41, 5.74) is 4.58. The second-order valence-electron chi connectivity index (χ2n) is 16.2. The van der Waals surface area contributed by atoms with Crippen LogP contribution in [0, 0.1) is 13.8 Å². The second-order valence-corrected chi connectivity index (χ2v) is 19.8. The summed E-state index contributed by atoms with van der Waals surface area (Å²) < 4.78 is 61.4. The molecule has 2 aliphatic heterocycles. The van der Waals surface area contributed by atoms with E-state index in [1.54, 1.807) is 59.5 Å². The van der Waals surface area contributed by atoms with Gasteiger partial charge in [-0.15, -0.1) is 12.4 Å². The minimum absolute atomic E-state index is 0. The Kier molecular flexibility index (Phi) is 13.8. The summed E-state index contributed by atoms with van der Waals surface area (Å²) in [7, 11) is -7.30. The van der Waals surface area contributed by atoms with Gasteiger partial charge < -0.3 is 15.0 Å². The first kappa shape index (κ1) is 44.8. The zero-order valence-electron chi connectivity index (χ0n) is 34.9. The van der Waals surface area contributed by atoms with Crippen molar-refractivity contribution in [2.75, 3.05) is 52.4 Å². The SMILES string of the molecule is Cc1cc2c(CN3CCN(C(=O)OC(C)(C)C)CC3)cccc2n1S(=O)(=O)c1ccccc1.Cc1cc2c(CN3CCNCC3)cccc2n1S(=O)(=O)c1ccccc1.Cl. The minimum atomic E-state index is -3.69. The number of carbonyl (C=O) groups is 1. The van der Waals surface area contributed by atoms with Gasteiger partial charge >= 0.3 is 6.09 Å². The van der Waals surface area contributed by atoms with E-state index in [0.717, 1.165) is 73.4 Å². The van der Waals surface area contributed by atoms with Gasteiger partial charge in [0.2, 0.25) is 0 Å². The molecule has 0 atom stereocenters. The molecule has 2 fully saturated rings. The van der Waals surface area contributed by atoms with E-state index in [0.29, 0.717) is 35.7 Å². The van der Waals surface area contributed by atoms with Gasteiger partial charge in [-0.1, -0.05) is 60.7 Å². The van der Waals surface area contributed by atoms with E-state index in [-0.39, 0.29) is 23.4 Å². The van der Waals surface area contributed by atoms with Crippen molar-refractivity contribution < 1.29 is 26.4 Å². The molecular formula is C45H55ClN6O6S2. The third-order valence-electron chi connectivity index (χ3n) is 10.7. The molecule has 320 valence electrons. The molecule has 0 spiro atoms. The molecule has 2 saturated heterocycles. The fourth-order valence-corrected chi connectivity index (χ4v) is 11.0. The largest absolute Gasteiger partial charge is 0.444 e. The molecule has 0 bridgehead atoms. The predicted octanol–water partition coefficient (Wildman–Crippen LogP) is 7.25. The van der Waals surface area contributed by atoms with Crippen molar-refractivity contribution in [3.63, 3.8) is 0 Å². The van der Waals surface area contributed by atoms with Gasteiger partial charge in [-0.25, -0.2) is 29.6 Å². The highest BCUT2D eigenvalue weighted by atomic mass is 35.5. The van der Waals surface area contributed by atoms with Crippen molar-refractivity contribution >= 4 is 60.4 Å². The van der Waals surface area contributed by atoms with Gasteiger partial charge in [0, 0.05) is 87.6 Å². The number of amides is 1. The molecule has 0 unspecified atom stereocenters. The lowest BCUT2D eigenvalue weighted by molar-refractivity contribution is 0.0139. The molecule has 6 aromatic rings. The monoisotopic (exact) mass is 874 g/mol. The molecule has 0 saturated carbocycles. The number of nitrogens with one attached hydrogen (secondary N) is 1. The standard InChI is InChI=1S/C25H31N3O4S.C20H23N3O2S.ClH/c1-19-17-22-20(18-26-13-15-27(16-14-26)24(29)32-25(2,3)4)9-8-12-23(22)28(19)33(30,31)21-10-6-5-7-11-21;1-16-14-19-17(15-22-12-10-21-11-13-22)6-5-9-20(19)23(16)26(24,25)18-7-3-2-4-8-18;/h5-12,17H,13-16,18H2,1-4H3;2-9,14,21H,10-13,15H2,1H3;1H. The van der Waals surface area contributed by atoms with Gasteiger partial charge in [0.25, 0.3) is 20.0 Å². The number of halogens is 1. The smallest absolute Gasteiger partial charge is 0.410 e. The number of rotatable bonds is 8. The molecule has 1 amide bonds. The van der Waals surface area contributed by atoms with E-state index >= 15 is 0 Å². The zero-order chi connectivity index (χ0) is 42.0. The van der Waals surface area contributed by atoms with Crippen LogP contribution in [0.2, 0.25) is 0 Å². The summed E-state index contributed by atoms with van der Waals surface area (Å²) in [6.45, 7) is 17.5. The summed E-state index contributed by atoms with van der Waals surface area (Å²) in [6, 6.07) is 32.8. The molecule has 1 N–H and O–H groups in total. The summed E-state index contributed by atoms with van der Waals surface area (Å²) >= 11 is 0. The molecule has 0 aliphatic carbocycles. The fraction of sp³-hybridized carbons (Fsp3) is 0.356. The number of hydrogen-bond acceptors (Lipinski definition) is 9. The molecule has 2 aliphatic rings. The van der Waals surface area contributed by atoms with Crippen molar-refractivity contribution in [3.8, 4) is 0 Å². The van der Waals surface area contributed by atoms with E-state index in [1.807, 2.05) is 83.1 Å². The van der Waals surface area contributed by atoms with Crippen LogP contribution < -0.4 is 5.32 Å². The lowest BCUT2D eigenvalue weighted by atomic mass is 10.1. The number of nitrogens with zero attached hydrogens (tertiary/aromatic N) is 5. The van der Waals surface area contributed by atoms with Gasteiger partial charge in [0.1, 0.15) is 5.60 Å². The second kappa shape index (κ2) is 18.5. The highest BCUT2D eigenvalue weighted by Crippen LogP contribution is 2.30. The Hall–Kier alpha value is -4.70.